The summed E-state index contributed by atoms with van der Waals surface area (Å²) < 4.78 is 13.7. The van der Waals surface area contributed by atoms with Gasteiger partial charge in [0, 0.05) is 43.2 Å². The number of pyridine rings is 1. The molecule has 0 radical (unpaired) electrons. The number of nitrogens with one attached hydrogen (secondary N) is 1. The Balaban J connectivity index is 1.38. The van der Waals surface area contributed by atoms with Gasteiger partial charge >= 0.3 is 0 Å². The summed E-state index contributed by atoms with van der Waals surface area (Å²) >= 11 is 0. The third kappa shape index (κ3) is 9.12. The highest BCUT2D eigenvalue weighted by Crippen LogP contribution is 2.28. The van der Waals surface area contributed by atoms with E-state index in [-0.39, 0.29) is 29.4 Å². The van der Waals surface area contributed by atoms with Gasteiger partial charge in [0.2, 0.25) is 5.91 Å². The molecule has 1 fully saturated rings. The second-order valence-electron chi connectivity index (χ2n) is 11.5. The van der Waals surface area contributed by atoms with Gasteiger partial charge in [-0.05, 0) is 88.1 Å². The van der Waals surface area contributed by atoms with Crippen LogP contribution in [0.5, 0.6) is 0 Å². The van der Waals surface area contributed by atoms with Crippen LogP contribution in [-0.2, 0) is 4.79 Å². The smallest absolute Gasteiger partial charge is 0.225 e. The molecule has 4 rings (SSSR count). The summed E-state index contributed by atoms with van der Waals surface area (Å²) in [5, 5.41) is 12.9. The molecule has 1 aliphatic carbocycles. The normalized spacial score (nSPS) is 18.7. The van der Waals surface area contributed by atoms with E-state index in [1.807, 2.05) is 42.2 Å². The van der Waals surface area contributed by atoms with Gasteiger partial charge in [-0.2, -0.15) is 5.26 Å². The van der Waals surface area contributed by atoms with Gasteiger partial charge in [0.05, 0.1) is 22.9 Å². The van der Waals surface area contributed by atoms with E-state index in [4.69, 9.17) is 10.7 Å². The molecule has 2 heterocycles. The van der Waals surface area contributed by atoms with E-state index >= 15 is 0 Å². The highest BCUT2D eigenvalue weighted by Gasteiger charge is 2.27. The van der Waals surface area contributed by atoms with Crippen molar-refractivity contribution in [3.8, 4) is 17.3 Å². The number of halogens is 1. The van der Waals surface area contributed by atoms with Gasteiger partial charge in [0.15, 0.2) is 5.78 Å². The predicted molar refractivity (Wildman–Crippen MR) is 169 cm³/mol. The van der Waals surface area contributed by atoms with Gasteiger partial charge in [0.1, 0.15) is 11.6 Å². The van der Waals surface area contributed by atoms with E-state index < -0.39 is 0 Å². The largest absolute Gasteiger partial charge is 0.403 e. The topological polar surface area (TPSA) is 112 Å². The van der Waals surface area contributed by atoms with Crippen molar-refractivity contribution in [2.45, 2.75) is 64.7 Å². The van der Waals surface area contributed by atoms with Gasteiger partial charge < -0.3 is 16.0 Å². The van der Waals surface area contributed by atoms with Crippen molar-refractivity contribution < 1.29 is 14.0 Å². The number of amides is 1. The van der Waals surface area contributed by atoms with Gasteiger partial charge in [-0.1, -0.05) is 36.8 Å². The fourth-order valence-corrected chi connectivity index (χ4v) is 5.82. The maximum absolute atomic E-state index is 13.7. The standard InChI is InChI=1S/C35H42FN5O2/c1-25(38)9-7-21-41-22-8-13-27(35(41)43)11-3-5-16-33(42)31-17-18-32(30-15-4-2-12-28(30)24-37)40-34(31)39-20-19-26-10-6-14-29(36)23-26/h2,4,6,9,12,14-15,17-18,23,26-27H,3,5,7-8,10-11,13,16,19-22,38H2,1H3,(H,39,40). The lowest BCUT2D eigenvalue weighted by Gasteiger charge is -2.32. The summed E-state index contributed by atoms with van der Waals surface area (Å²) in [6, 6.07) is 13.0. The molecule has 1 aliphatic heterocycles. The molecular formula is C35H42FN5O2. The van der Waals surface area contributed by atoms with Crippen LogP contribution in [0.3, 0.4) is 0 Å². The number of nitrogens with two attached hydrogens (primary N) is 1. The number of unbranched alkanes of at least 4 members (excludes halogenated alkanes) is 1. The number of allylic oxidation sites excluding steroid dienone is 5. The highest BCUT2D eigenvalue weighted by molar-refractivity contribution is 6.00. The lowest BCUT2D eigenvalue weighted by Crippen LogP contribution is -2.41. The summed E-state index contributed by atoms with van der Waals surface area (Å²) in [4.78, 5) is 33.1. The SMILES string of the molecule is CC(N)=CCCN1CCCC(CCCCC(=O)c2ccc(-c3ccccc3C#N)nc2NCCC2C=C(F)C=CC2)C1=O. The number of hydrogen-bond acceptors (Lipinski definition) is 6. The van der Waals surface area contributed by atoms with Crippen molar-refractivity contribution in [2.24, 2.45) is 17.6 Å². The third-order valence-corrected chi connectivity index (χ3v) is 8.15. The van der Waals surface area contributed by atoms with Crippen molar-refractivity contribution in [2.75, 3.05) is 25.0 Å². The molecule has 2 aromatic rings. The number of benzene rings is 1. The Morgan fingerprint density at radius 1 is 1.23 bits per heavy atom. The van der Waals surface area contributed by atoms with Gasteiger partial charge in [-0.25, -0.2) is 9.37 Å². The van der Waals surface area contributed by atoms with E-state index in [9.17, 15) is 19.2 Å². The minimum Gasteiger partial charge on any atom is -0.403 e. The first-order chi connectivity index (χ1) is 20.9. The molecule has 1 saturated heterocycles. The number of carbonyl (C=O) groups excluding carboxylic acids is 2. The van der Waals surface area contributed by atoms with Crippen LogP contribution >= 0.6 is 0 Å². The fraction of sp³-hybridized carbons (Fsp3) is 0.429. The number of nitrogens with zero attached hydrogens (tertiary/aromatic N) is 3. The Bertz CT molecular complexity index is 1420. The Morgan fingerprint density at radius 2 is 2.07 bits per heavy atom. The number of piperidine rings is 1. The number of hydrogen-bond donors (Lipinski definition) is 2. The van der Waals surface area contributed by atoms with Crippen LogP contribution in [0.2, 0.25) is 0 Å². The number of nitriles is 1. The third-order valence-electron chi connectivity index (χ3n) is 8.15. The zero-order chi connectivity index (χ0) is 30.6. The molecule has 0 bridgehead atoms. The molecule has 0 saturated carbocycles. The first-order valence-electron chi connectivity index (χ1n) is 15.4. The van der Waals surface area contributed by atoms with Crippen LogP contribution in [-0.4, -0.2) is 41.2 Å². The monoisotopic (exact) mass is 583 g/mol. The molecule has 226 valence electrons. The molecule has 2 atom stereocenters. The van der Waals surface area contributed by atoms with Gasteiger partial charge in [-0.3, -0.25) is 9.59 Å². The molecule has 2 unspecified atom stereocenters. The van der Waals surface area contributed by atoms with E-state index in [2.05, 4.69) is 11.4 Å². The molecule has 3 N–H and O–H groups in total. The van der Waals surface area contributed by atoms with Crippen LogP contribution in [0.1, 0.15) is 80.6 Å². The van der Waals surface area contributed by atoms with Crippen molar-refractivity contribution in [3.63, 3.8) is 0 Å². The second-order valence-corrected chi connectivity index (χ2v) is 11.5. The van der Waals surface area contributed by atoms with E-state index in [1.54, 1.807) is 24.3 Å². The summed E-state index contributed by atoms with van der Waals surface area (Å²) in [6.07, 6.45) is 13.7. The Kier molecular flexibility index (Phi) is 11.7. The maximum Gasteiger partial charge on any atom is 0.225 e. The Hall–Kier alpha value is -4.25. The van der Waals surface area contributed by atoms with E-state index in [0.29, 0.717) is 60.6 Å². The lowest BCUT2D eigenvalue weighted by atomic mass is 9.91. The average molecular weight is 584 g/mol. The van der Waals surface area contributed by atoms with Crippen molar-refractivity contribution in [1.82, 2.24) is 9.88 Å². The molecule has 2 aliphatic rings. The summed E-state index contributed by atoms with van der Waals surface area (Å²) in [5.41, 5.74) is 8.83. The first kappa shape index (κ1) is 31.7. The zero-order valence-electron chi connectivity index (χ0n) is 25.0. The number of aromatic nitrogens is 1. The molecule has 1 amide bonds. The highest BCUT2D eigenvalue weighted by atomic mass is 19.1. The Morgan fingerprint density at radius 3 is 2.86 bits per heavy atom. The van der Waals surface area contributed by atoms with Crippen molar-refractivity contribution >= 4 is 17.5 Å². The van der Waals surface area contributed by atoms with Gasteiger partial charge in [-0.15, -0.1) is 0 Å². The number of carbonyl (C=O) groups is 2. The van der Waals surface area contributed by atoms with Crippen LogP contribution < -0.4 is 11.1 Å². The molecule has 0 spiro atoms. The number of Topliss-reactive ketones (excluding diaryl/α,β-unsaturated/α-hetero) is 1. The zero-order valence-corrected chi connectivity index (χ0v) is 25.0. The molecule has 7 nitrogen and oxygen atoms in total. The van der Waals surface area contributed by atoms with Crippen LogP contribution in [0.15, 0.2) is 72.2 Å². The lowest BCUT2D eigenvalue weighted by molar-refractivity contribution is -0.138. The fourth-order valence-electron chi connectivity index (χ4n) is 5.82. The quantitative estimate of drug-likeness (QED) is 0.181. The molecule has 8 heteroatoms. The second kappa shape index (κ2) is 15.8. The van der Waals surface area contributed by atoms with E-state index in [0.717, 1.165) is 50.8 Å². The Labute approximate surface area is 254 Å². The van der Waals surface area contributed by atoms with Crippen LogP contribution in [0.4, 0.5) is 10.2 Å². The molecule has 43 heavy (non-hydrogen) atoms. The first-order valence-corrected chi connectivity index (χ1v) is 15.4. The average Bonchev–Trinajstić information content (AvgIpc) is 3.00. The summed E-state index contributed by atoms with van der Waals surface area (Å²) in [6.45, 7) is 3.88. The van der Waals surface area contributed by atoms with Crippen LogP contribution in [0.25, 0.3) is 11.3 Å². The minimum atomic E-state index is -0.221. The summed E-state index contributed by atoms with van der Waals surface area (Å²) in [5.74, 6) is 0.556. The summed E-state index contributed by atoms with van der Waals surface area (Å²) in [7, 11) is 0. The van der Waals surface area contributed by atoms with E-state index in [1.165, 1.54) is 6.08 Å². The molecule has 1 aromatic heterocycles. The van der Waals surface area contributed by atoms with Crippen molar-refractivity contribution in [3.05, 3.63) is 83.4 Å². The predicted octanol–water partition coefficient (Wildman–Crippen LogP) is 7.09. The molecule has 1 aromatic carbocycles. The maximum atomic E-state index is 13.7. The molecular weight excluding hydrogens is 541 g/mol. The number of ketones is 1. The number of anilines is 1. The van der Waals surface area contributed by atoms with Crippen LogP contribution in [0, 0.1) is 23.2 Å². The van der Waals surface area contributed by atoms with Crippen molar-refractivity contribution in [1.29, 1.82) is 5.26 Å². The van der Waals surface area contributed by atoms with Gasteiger partial charge in [0.25, 0.3) is 0 Å². The number of rotatable bonds is 14. The number of likely N-dealkylation sites (tertiary alicyclic amines) is 1. The minimum absolute atomic E-state index is 0.0119.